The molecular formula is C44H36O6. The van der Waals surface area contributed by atoms with Crippen LogP contribution in [0.1, 0.15) is 94.8 Å². The van der Waals surface area contributed by atoms with Crippen LogP contribution in [-0.2, 0) is 9.47 Å². The summed E-state index contributed by atoms with van der Waals surface area (Å²) in [6, 6.07) is 23.6. The first-order valence-corrected chi connectivity index (χ1v) is 17.4. The quantitative estimate of drug-likeness (QED) is 0.0477. The molecular weight excluding hydrogens is 624 g/mol. The Labute approximate surface area is 288 Å². The Bertz CT molecular complexity index is 2460. The molecule has 0 aliphatic heterocycles. The number of hydrogen-bond donors (Lipinski definition) is 0. The first-order chi connectivity index (χ1) is 24.3. The van der Waals surface area contributed by atoms with E-state index >= 15 is 0 Å². The van der Waals surface area contributed by atoms with E-state index in [2.05, 4.69) is 24.3 Å². The molecule has 8 aromatic carbocycles. The zero-order valence-corrected chi connectivity index (χ0v) is 28.6. The van der Waals surface area contributed by atoms with Crippen LogP contribution in [0.4, 0.5) is 0 Å². The molecule has 0 saturated heterocycles. The fourth-order valence-electron chi connectivity index (χ4n) is 7.98. The lowest BCUT2D eigenvalue weighted by Crippen LogP contribution is -2.09. The summed E-state index contributed by atoms with van der Waals surface area (Å²) in [6.45, 7) is 7.80. The van der Waals surface area contributed by atoms with E-state index in [0.717, 1.165) is 90.3 Å². The second-order valence-corrected chi connectivity index (χ2v) is 13.3. The molecule has 248 valence electrons. The van der Waals surface area contributed by atoms with Crippen LogP contribution in [0.5, 0.6) is 0 Å². The Morgan fingerprint density at radius 2 is 0.660 bits per heavy atom. The van der Waals surface area contributed by atoms with Gasteiger partial charge in [-0.3, -0.25) is 9.59 Å². The lowest BCUT2D eigenvalue weighted by Gasteiger charge is -2.21. The number of ketones is 2. The van der Waals surface area contributed by atoms with Gasteiger partial charge in [0, 0.05) is 21.9 Å². The minimum absolute atomic E-state index is 0.115. The van der Waals surface area contributed by atoms with Crippen LogP contribution in [0, 0.1) is 0 Å². The third kappa shape index (κ3) is 4.54. The van der Waals surface area contributed by atoms with Crippen molar-refractivity contribution in [2.75, 3.05) is 13.2 Å². The van der Waals surface area contributed by atoms with Gasteiger partial charge in [-0.2, -0.15) is 0 Å². The van der Waals surface area contributed by atoms with Gasteiger partial charge in [0.2, 0.25) is 0 Å². The number of benzene rings is 8. The Morgan fingerprint density at radius 1 is 0.400 bits per heavy atom. The highest BCUT2D eigenvalue weighted by Gasteiger charge is 2.26. The first kappa shape index (κ1) is 31.6. The number of hydrogen-bond acceptors (Lipinski definition) is 6. The van der Waals surface area contributed by atoms with Gasteiger partial charge in [0.1, 0.15) is 0 Å². The number of ether oxygens (including phenoxy) is 2. The van der Waals surface area contributed by atoms with Crippen LogP contribution >= 0.6 is 0 Å². The molecule has 0 aliphatic rings. The topological polar surface area (TPSA) is 86.7 Å². The van der Waals surface area contributed by atoms with Gasteiger partial charge in [0.05, 0.1) is 24.3 Å². The molecule has 0 heterocycles. The van der Waals surface area contributed by atoms with E-state index in [9.17, 15) is 19.2 Å². The van der Waals surface area contributed by atoms with Crippen molar-refractivity contribution in [1.29, 1.82) is 0 Å². The molecule has 0 saturated carbocycles. The highest BCUT2D eigenvalue weighted by molar-refractivity contribution is 6.44. The molecule has 0 aliphatic carbocycles. The Morgan fingerprint density at radius 3 is 0.940 bits per heavy atom. The van der Waals surface area contributed by atoms with E-state index in [1.165, 1.54) is 13.8 Å². The lowest BCUT2D eigenvalue weighted by atomic mass is 9.81. The molecule has 0 aromatic heterocycles. The summed E-state index contributed by atoms with van der Waals surface area (Å²) in [4.78, 5) is 52.9. The number of fused-ring (bicyclic) bond motifs is 4. The maximum Gasteiger partial charge on any atom is 0.338 e. The van der Waals surface area contributed by atoms with Crippen molar-refractivity contribution in [3.8, 4) is 0 Å². The van der Waals surface area contributed by atoms with Crippen molar-refractivity contribution in [1.82, 2.24) is 0 Å². The molecule has 8 aromatic rings. The van der Waals surface area contributed by atoms with Crippen LogP contribution in [0.3, 0.4) is 0 Å². The number of rotatable bonds is 10. The maximum atomic E-state index is 13.4. The maximum absolute atomic E-state index is 13.4. The summed E-state index contributed by atoms with van der Waals surface area (Å²) in [6.07, 6.45) is 3.35. The molecule has 0 radical (unpaired) electrons. The monoisotopic (exact) mass is 660 g/mol. The number of Topliss-reactive ketones (excluding diaryl/α,β-unsaturated/α-hetero) is 2. The van der Waals surface area contributed by atoms with Crippen LogP contribution in [0.25, 0.3) is 75.4 Å². The summed E-state index contributed by atoms with van der Waals surface area (Å²) < 4.78 is 11.3. The summed E-state index contributed by atoms with van der Waals surface area (Å²) >= 11 is 0. The van der Waals surface area contributed by atoms with Gasteiger partial charge in [-0.25, -0.2) is 9.59 Å². The summed E-state index contributed by atoms with van der Waals surface area (Å²) in [5, 5.41) is 13.0. The van der Waals surface area contributed by atoms with Gasteiger partial charge in [-0.1, -0.05) is 87.4 Å². The molecule has 0 spiro atoms. The van der Waals surface area contributed by atoms with Crippen molar-refractivity contribution in [3.63, 3.8) is 0 Å². The Balaban J connectivity index is 1.48. The van der Waals surface area contributed by atoms with Crippen LogP contribution in [-0.4, -0.2) is 36.7 Å². The molecule has 50 heavy (non-hydrogen) atoms. The minimum atomic E-state index is -0.427. The zero-order valence-electron chi connectivity index (χ0n) is 28.6. The SMILES string of the molecule is CCCCOC(=O)c1ccc2c3ccc4c5ccc(C(=O)OCCCC)c6c(C(C)=O)ccc(c7ccc(c8ccc(C(C)=O)c1c82)c3c74)c65. The fraction of sp³-hybridized carbons (Fsp3) is 0.227. The predicted molar refractivity (Wildman–Crippen MR) is 202 cm³/mol. The van der Waals surface area contributed by atoms with Gasteiger partial charge >= 0.3 is 11.9 Å². The molecule has 0 bridgehead atoms. The minimum Gasteiger partial charge on any atom is -0.462 e. The largest absolute Gasteiger partial charge is 0.462 e. The van der Waals surface area contributed by atoms with E-state index in [1.54, 1.807) is 12.1 Å². The smallest absolute Gasteiger partial charge is 0.338 e. The van der Waals surface area contributed by atoms with Gasteiger partial charge < -0.3 is 9.47 Å². The number of carbonyl (C=O) groups is 4. The predicted octanol–water partition coefficient (Wildman–Crippen LogP) is 11.0. The normalized spacial score (nSPS) is 12.0. The van der Waals surface area contributed by atoms with Crippen LogP contribution in [0.15, 0.2) is 72.8 Å². The average Bonchev–Trinajstić information content (AvgIpc) is 3.12. The van der Waals surface area contributed by atoms with Gasteiger partial charge in [0.25, 0.3) is 0 Å². The molecule has 6 nitrogen and oxygen atoms in total. The standard InChI is InChI=1S/C44H36O6/c1-5-7-21-49-43(47)35-19-17-33-31-15-16-32-34-18-20-36(44(48)50-22-8-6-2)38-26(24(4)46)10-12-28(40(34)38)30-14-13-29(41(31)42(30)32)27-11-9-25(23(3)45)37(35)39(27)33/h9-20H,5-8,21-22H2,1-4H3. The number of esters is 2. The number of unbranched alkanes of at least 4 members (excludes halogenated alkanes) is 2. The second-order valence-electron chi connectivity index (χ2n) is 13.3. The fourth-order valence-corrected chi connectivity index (χ4v) is 7.98. The van der Waals surface area contributed by atoms with Gasteiger partial charge in [-0.05, 0) is 103 Å². The number of carbonyl (C=O) groups excluding carboxylic acids is 4. The molecule has 6 heteroatoms. The van der Waals surface area contributed by atoms with Crippen molar-refractivity contribution in [2.24, 2.45) is 0 Å². The second kappa shape index (κ2) is 12.1. The average molecular weight is 661 g/mol. The highest BCUT2D eigenvalue weighted by Crippen LogP contribution is 2.49. The van der Waals surface area contributed by atoms with Crippen LogP contribution in [0.2, 0.25) is 0 Å². The zero-order chi connectivity index (χ0) is 34.8. The molecule has 0 unspecified atom stereocenters. The van der Waals surface area contributed by atoms with Crippen molar-refractivity contribution in [2.45, 2.75) is 53.4 Å². The van der Waals surface area contributed by atoms with Gasteiger partial charge in [-0.15, -0.1) is 0 Å². The highest BCUT2D eigenvalue weighted by atomic mass is 16.5. The lowest BCUT2D eigenvalue weighted by molar-refractivity contribution is 0.0492. The van der Waals surface area contributed by atoms with Crippen molar-refractivity contribution in [3.05, 3.63) is 95.1 Å². The Kier molecular flexibility index (Phi) is 7.63. The molecule has 0 N–H and O–H groups in total. The summed E-state index contributed by atoms with van der Waals surface area (Å²) in [5.41, 5.74) is 1.78. The van der Waals surface area contributed by atoms with E-state index in [-0.39, 0.29) is 11.6 Å². The molecule has 0 amide bonds. The van der Waals surface area contributed by atoms with Gasteiger partial charge in [0.15, 0.2) is 11.6 Å². The third-order valence-electron chi connectivity index (χ3n) is 10.3. The molecule has 8 rings (SSSR count). The van der Waals surface area contributed by atoms with Crippen molar-refractivity contribution >= 4 is 98.9 Å². The molecule has 0 atom stereocenters. The van der Waals surface area contributed by atoms with Crippen molar-refractivity contribution < 1.29 is 28.7 Å². The third-order valence-corrected chi connectivity index (χ3v) is 10.3. The van der Waals surface area contributed by atoms with E-state index in [0.29, 0.717) is 46.2 Å². The van der Waals surface area contributed by atoms with E-state index in [4.69, 9.17) is 9.47 Å². The first-order valence-electron chi connectivity index (χ1n) is 17.4. The Hall–Kier alpha value is -5.62. The van der Waals surface area contributed by atoms with E-state index < -0.39 is 11.9 Å². The summed E-state index contributed by atoms with van der Waals surface area (Å²) in [5.74, 6) is -1.08. The van der Waals surface area contributed by atoms with E-state index in [1.807, 2.05) is 50.2 Å². The molecule has 0 fully saturated rings. The summed E-state index contributed by atoms with van der Waals surface area (Å²) in [7, 11) is 0. The van der Waals surface area contributed by atoms with Crippen LogP contribution < -0.4 is 0 Å².